The molecule has 6 rings (SSSR count). The number of sulfonamides is 1. The highest BCUT2D eigenvalue weighted by atomic mass is 32.2. The summed E-state index contributed by atoms with van der Waals surface area (Å²) in [5.74, 6) is 1.47. The van der Waals surface area contributed by atoms with Gasteiger partial charge in [-0.25, -0.2) is 8.42 Å². The molecular formula is C33H38N2O5S. The number of hydrogen-bond acceptors (Lipinski definition) is 5. The minimum Gasteiger partial charge on any atom is -0.497 e. The number of rotatable bonds is 9. The number of carbonyl (C=O) groups excluding carboxylic acids is 1. The van der Waals surface area contributed by atoms with Crippen molar-refractivity contribution in [3.8, 4) is 5.75 Å². The number of furan rings is 1. The molecule has 41 heavy (non-hydrogen) atoms. The normalized spacial score (nSPS) is 24.2. The van der Waals surface area contributed by atoms with Crippen molar-refractivity contribution in [2.75, 3.05) is 20.7 Å². The molecule has 3 aliphatic carbocycles. The van der Waals surface area contributed by atoms with Gasteiger partial charge in [0.25, 0.3) is 0 Å². The van der Waals surface area contributed by atoms with Gasteiger partial charge in [-0.3, -0.25) is 4.79 Å². The Morgan fingerprint density at radius 1 is 1.07 bits per heavy atom. The number of amides is 1. The summed E-state index contributed by atoms with van der Waals surface area (Å²) in [6, 6.07) is 16.8. The van der Waals surface area contributed by atoms with Crippen LogP contribution in [0.1, 0.15) is 54.7 Å². The van der Waals surface area contributed by atoms with E-state index < -0.39 is 10.0 Å². The molecule has 1 aromatic heterocycles. The Kier molecular flexibility index (Phi) is 7.79. The third-order valence-corrected chi connectivity index (χ3v) is 11.2. The van der Waals surface area contributed by atoms with Gasteiger partial charge in [0.1, 0.15) is 5.75 Å². The predicted molar refractivity (Wildman–Crippen MR) is 158 cm³/mol. The predicted octanol–water partition coefficient (Wildman–Crippen LogP) is 5.74. The molecule has 3 aliphatic rings. The molecule has 0 aliphatic heterocycles. The van der Waals surface area contributed by atoms with Crippen LogP contribution in [0.15, 0.2) is 82.5 Å². The second-order valence-corrected chi connectivity index (χ2v) is 13.6. The van der Waals surface area contributed by atoms with Gasteiger partial charge in [0, 0.05) is 37.3 Å². The maximum Gasteiger partial charge on any atom is 0.246 e. The first kappa shape index (κ1) is 27.8. The van der Waals surface area contributed by atoms with E-state index in [9.17, 15) is 13.2 Å². The fraction of sp³-hybridized carbons (Fsp3) is 0.424. The second kappa shape index (κ2) is 11.5. The highest BCUT2D eigenvalue weighted by Crippen LogP contribution is 2.50. The van der Waals surface area contributed by atoms with E-state index in [1.807, 2.05) is 34.5 Å². The lowest BCUT2D eigenvalue weighted by Crippen LogP contribution is -2.53. The summed E-state index contributed by atoms with van der Waals surface area (Å²) >= 11 is 0. The molecule has 216 valence electrons. The van der Waals surface area contributed by atoms with E-state index >= 15 is 0 Å². The van der Waals surface area contributed by atoms with Crippen molar-refractivity contribution < 1.29 is 22.4 Å². The van der Waals surface area contributed by atoms with Gasteiger partial charge in [0.2, 0.25) is 15.9 Å². The van der Waals surface area contributed by atoms with Crippen molar-refractivity contribution in [1.29, 1.82) is 0 Å². The summed E-state index contributed by atoms with van der Waals surface area (Å²) in [5, 5.41) is 0. The SMILES string of the molecule is COc1ccc2c(c1)[C@H]1C[C@@H](N(C)C(=O)/C=C/c3ccoc3)CC[C@H]1[C@H](N(CC1CC1)S(=O)(=O)c1ccccc1)C2. The molecule has 4 atom stereocenters. The molecular weight excluding hydrogens is 536 g/mol. The zero-order valence-electron chi connectivity index (χ0n) is 23.7. The average Bonchev–Trinajstić information content (AvgIpc) is 3.68. The highest BCUT2D eigenvalue weighted by Gasteiger charge is 2.48. The van der Waals surface area contributed by atoms with Crippen molar-refractivity contribution in [3.63, 3.8) is 0 Å². The second-order valence-electron chi connectivity index (χ2n) is 11.7. The number of likely N-dealkylation sites (N-methyl/N-ethyl adjacent to an activating group) is 1. The molecule has 0 bridgehead atoms. The van der Waals surface area contributed by atoms with E-state index in [1.165, 1.54) is 11.1 Å². The number of benzene rings is 2. The molecule has 0 unspecified atom stereocenters. The number of nitrogens with zero attached hydrogens (tertiary/aromatic N) is 2. The fourth-order valence-corrected chi connectivity index (χ4v) is 8.56. The average molecular weight is 575 g/mol. The van der Waals surface area contributed by atoms with E-state index in [1.54, 1.807) is 56.1 Å². The summed E-state index contributed by atoms with van der Waals surface area (Å²) in [5.41, 5.74) is 3.26. The van der Waals surface area contributed by atoms with Crippen LogP contribution in [0.25, 0.3) is 6.08 Å². The smallest absolute Gasteiger partial charge is 0.246 e. The number of hydrogen-bond donors (Lipinski definition) is 0. The monoisotopic (exact) mass is 574 g/mol. The van der Waals surface area contributed by atoms with Crippen molar-refractivity contribution in [1.82, 2.24) is 9.21 Å². The van der Waals surface area contributed by atoms with Gasteiger partial charge in [0.15, 0.2) is 0 Å². The molecule has 2 fully saturated rings. The van der Waals surface area contributed by atoms with Crippen LogP contribution in [-0.2, 0) is 21.2 Å². The minimum absolute atomic E-state index is 0.0464. The zero-order valence-corrected chi connectivity index (χ0v) is 24.5. The number of carbonyl (C=O) groups is 1. The van der Waals surface area contributed by atoms with Gasteiger partial charge in [0.05, 0.1) is 24.5 Å². The molecule has 0 saturated heterocycles. The van der Waals surface area contributed by atoms with Crippen LogP contribution in [-0.4, -0.2) is 56.3 Å². The topological polar surface area (TPSA) is 80.1 Å². The van der Waals surface area contributed by atoms with Crippen LogP contribution in [0.5, 0.6) is 5.75 Å². The quantitative estimate of drug-likeness (QED) is 0.305. The Hall–Kier alpha value is -3.36. The first-order valence-electron chi connectivity index (χ1n) is 14.6. The van der Waals surface area contributed by atoms with Gasteiger partial charge in [-0.2, -0.15) is 4.31 Å². The molecule has 1 amide bonds. The van der Waals surface area contributed by atoms with Gasteiger partial charge in [-0.1, -0.05) is 24.3 Å². The van der Waals surface area contributed by atoms with Crippen molar-refractivity contribution in [2.24, 2.45) is 11.8 Å². The molecule has 2 saturated carbocycles. The lowest BCUT2D eigenvalue weighted by Gasteiger charge is -2.49. The Balaban J connectivity index is 1.32. The van der Waals surface area contributed by atoms with Crippen LogP contribution in [0.4, 0.5) is 0 Å². The van der Waals surface area contributed by atoms with E-state index in [0.29, 0.717) is 23.8 Å². The standard InChI is InChI=1S/C33H38N2O5S/c1-34(33(36)15-10-24-16-17-40-22-24)26-12-14-29-31(19-26)30-20-27(39-2)13-11-25(30)18-32(29)35(21-23-8-9-23)41(37,38)28-6-4-3-5-7-28/h3-7,10-11,13,15-17,20,22-23,26,29,31-32H,8-9,12,14,18-19,21H2,1-2H3/b15-10+/t26-,29+,31-,32+/m0/s1. The Morgan fingerprint density at radius 3 is 2.59 bits per heavy atom. The first-order valence-corrected chi connectivity index (χ1v) is 16.0. The summed E-state index contributed by atoms with van der Waals surface area (Å²) in [6.07, 6.45) is 11.9. The van der Waals surface area contributed by atoms with Crippen molar-refractivity contribution in [2.45, 2.75) is 61.4 Å². The van der Waals surface area contributed by atoms with E-state index in [0.717, 1.165) is 43.4 Å². The Bertz CT molecular complexity index is 1500. The molecule has 3 aromatic rings. The Labute approximate surface area is 242 Å². The molecule has 0 spiro atoms. The lowest BCUT2D eigenvalue weighted by atomic mass is 9.64. The van der Waals surface area contributed by atoms with E-state index in [2.05, 4.69) is 12.1 Å². The summed E-state index contributed by atoms with van der Waals surface area (Å²) < 4.78 is 40.9. The third-order valence-electron chi connectivity index (χ3n) is 9.26. The van der Waals surface area contributed by atoms with Crippen LogP contribution in [0, 0.1) is 11.8 Å². The van der Waals surface area contributed by atoms with Crippen molar-refractivity contribution in [3.05, 3.63) is 89.9 Å². The van der Waals surface area contributed by atoms with Gasteiger partial charge >= 0.3 is 0 Å². The summed E-state index contributed by atoms with van der Waals surface area (Å²) in [6.45, 7) is 0.567. The zero-order chi connectivity index (χ0) is 28.6. The fourth-order valence-electron chi connectivity index (χ4n) is 6.79. The van der Waals surface area contributed by atoms with Crippen LogP contribution >= 0.6 is 0 Å². The molecule has 8 heteroatoms. The molecule has 7 nitrogen and oxygen atoms in total. The number of ether oxygens (including phenoxy) is 1. The number of methoxy groups -OCH3 is 1. The summed E-state index contributed by atoms with van der Waals surface area (Å²) in [7, 11) is -0.115. The van der Waals surface area contributed by atoms with Gasteiger partial charge in [-0.15, -0.1) is 0 Å². The Morgan fingerprint density at radius 2 is 1.88 bits per heavy atom. The molecule has 0 radical (unpaired) electrons. The highest BCUT2D eigenvalue weighted by molar-refractivity contribution is 7.89. The maximum atomic E-state index is 14.2. The van der Waals surface area contributed by atoms with E-state index in [-0.39, 0.29) is 29.8 Å². The van der Waals surface area contributed by atoms with E-state index in [4.69, 9.17) is 9.15 Å². The number of fused-ring (bicyclic) bond motifs is 3. The van der Waals surface area contributed by atoms with Crippen LogP contribution in [0.2, 0.25) is 0 Å². The largest absolute Gasteiger partial charge is 0.497 e. The molecule has 2 aromatic carbocycles. The third kappa shape index (κ3) is 5.72. The summed E-state index contributed by atoms with van der Waals surface area (Å²) in [4.78, 5) is 15.3. The maximum absolute atomic E-state index is 14.2. The van der Waals surface area contributed by atoms with Crippen molar-refractivity contribution >= 4 is 22.0 Å². The molecule has 0 N–H and O–H groups in total. The van der Waals surface area contributed by atoms with Crippen LogP contribution < -0.4 is 4.74 Å². The van der Waals surface area contributed by atoms with Crippen LogP contribution in [0.3, 0.4) is 0 Å². The lowest BCUT2D eigenvalue weighted by molar-refractivity contribution is -0.127. The minimum atomic E-state index is -3.67. The molecule has 1 heterocycles. The first-order chi connectivity index (χ1) is 19.8. The van der Waals surface area contributed by atoms with Gasteiger partial charge in [-0.05, 0) is 104 Å². The van der Waals surface area contributed by atoms with Gasteiger partial charge < -0.3 is 14.1 Å².